The van der Waals surface area contributed by atoms with Crippen molar-refractivity contribution in [2.24, 2.45) is 0 Å². The molecule has 0 aliphatic rings. The number of aliphatic carboxylic acids is 1. The van der Waals surface area contributed by atoms with Crippen LogP contribution in [-0.4, -0.2) is 39.0 Å². The number of sulfonamides is 1. The van der Waals surface area contributed by atoms with Gasteiger partial charge in [-0.05, 0) is 17.9 Å². The molecule has 0 amide bonds. The van der Waals surface area contributed by atoms with Gasteiger partial charge in [0, 0.05) is 18.6 Å². The van der Waals surface area contributed by atoms with Gasteiger partial charge in [-0.1, -0.05) is 6.07 Å². The van der Waals surface area contributed by atoms with Crippen molar-refractivity contribution in [3.63, 3.8) is 0 Å². The molecule has 1 atom stereocenters. The average molecular weight is 293 g/mol. The summed E-state index contributed by atoms with van der Waals surface area (Å²) in [5.41, 5.74) is 0. The van der Waals surface area contributed by atoms with Gasteiger partial charge in [0.15, 0.2) is 6.04 Å². The third kappa shape index (κ3) is 4.73. The van der Waals surface area contributed by atoms with Gasteiger partial charge in [-0.15, -0.1) is 11.3 Å². The SMILES string of the molecule is COCCCS(=O)(=O)NC(C(=O)O)c1cccs1. The molecule has 0 fully saturated rings. The molecule has 0 saturated heterocycles. The average Bonchev–Trinajstić information content (AvgIpc) is 2.79. The Morgan fingerprint density at radius 2 is 2.33 bits per heavy atom. The summed E-state index contributed by atoms with van der Waals surface area (Å²) in [5.74, 6) is -1.37. The highest BCUT2D eigenvalue weighted by Gasteiger charge is 2.26. The zero-order valence-electron chi connectivity index (χ0n) is 9.83. The predicted octanol–water partition coefficient (Wildman–Crippen LogP) is 0.830. The van der Waals surface area contributed by atoms with Crippen LogP contribution in [0.4, 0.5) is 0 Å². The molecule has 102 valence electrons. The Kier molecular flexibility index (Phi) is 5.73. The molecule has 2 N–H and O–H groups in total. The molecule has 18 heavy (non-hydrogen) atoms. The van der Waals surface area contributed by atoms with Crippen molar-refractivity contribution in [3.8, 4) is 0 Å². The largest absolute Gasteiger partial charge is 0.480 e. The van der Waals surface area contributed by atoms with Gasteiger partial charge in [0.1, 0.15) is 0 Å². The number of hydrogen-bond acceptors (Lipinski definition) is 5. The van der Waals surface area contributed by atoms with Gasteiger partial charge in [-0.3, -0.25) is 4.79 Å². The first-order valence-corrected chi connectivity index (χ1v) is 7.74. The highest BCUT2D eigenvalue weighted by atomic mass is 32.2. The summed E-state index contributed by atoms with van der Waals surface area (Å²) in [4.78, 5) is 11.5. The van der Waals surface area contributed by atoms with Crippen LogP contribution in [0.1, 0.15) is 17.3 Å². The third-order valence-corrected chi connectivity index (χ3v) is 4.49. The minimum Gasteiger partial charge on any atom is -0.480 e. The topological polar surface area (TPSA) is 92.7 Å². The van der Waals surface area contributed by atoms with E-state index >= 15 is 0 Å². The number of carbonyl (C=O) groups is 1. The molecule has 0 aliphatic carbocycles. The van der Waals surface area contributed by atoms with E-state index in [2.05, 4.69) is 4.72 Å². The summed E-state index contributed by atoms with van der Waals surface area (Å²) in [7, 11) is -2.15. The van der Waals surface area contributed by atoms with Gasteiger partial charge < -0.3 is 9.84 Å². The first-order valence-electron chi connectivity index (χ1n) is 5.21. The van der Waals surface area contributed by atoms with Crippen molar-refractivity contribution in [3.05, 3.63) is 22.4 Å². The van der Waals surface area contributed by atoms with Crippen molar-refractivity contribution in [2.75, 3.05) is 19.5 Å². The van der Waals surface area contributed by atoms with E-state index in [0.29, 0.717) is 17.9 Å². The van der Waals surface area contributed by atoms with Gasteiger partial charge in [-0.25, -0.2) is 8.42 Å². The minimum atomic E-state index is -3.63. The fourth-order valence-electron chi connectivity index (χ4n) is 1.32. The molecular weight excluding hydrogens is 278 g/mol. The van der Waals surface area contributed by atoms with E-state index in [1.165, 1.54) is 18.4 Å². The Labute approximate surface area is 110 Å². The summed E-state index contributed by atoms with van der Waals surface area (Å²) >= 11 is 1.20. The number of hydrogen-bond donors (Lipinski definition) is 2. The molecule has 1 unspecified atom stereocenters. The van der Waals surface area contributed by atoms with Gasteiger partial charge in [0.05, 0.1) is 5.75 Å². The number of thiophene rings is 1. The van der Waals surface area contributed by atoms with Gasteiger partial charge in [0.25, 0.3) is 0 Å². The van der Waals surface area contributed by atoms with E-state index in [0.717, 1.165) is 0 Å². The normalized spacial score (nSPS) is 13.4. The second-order valence-electron chi connectivity index (χ2n) is 3.57. The maximum atomic E-state index is 11.7. The van der Waals surface area contributed by atoms with Gasteiger partial charge in [0.2, 0.25) is 10.0 Å². The van der Waals surface area contributed by atoms with Crippen LogP contribution >= 0.6 is 11.3 Å². The fourth-order valence-corrected chi connectivity index (χ4v) is 3.36. The zero-order valence-corrected chi connectivity index (χ0v) is 11.5. The van der Waals surface area contributed by atoms with Crippen LogP contribution in [0.3, 0.4) is 0 Å². The first kappa shape index (κ1) is 15.1. The molecule has 0 aliphatic heterocycles. The van der Waals surface area contributed by atoms with Crippen LogP contribution in [0.25, 0.3) is 0 Å². The van der Waals surface area contributed by atoms with Crippen molar-refractivity contribution in [1.82, 2.24) is 4.72 Å². The molecule has 0 aromatic carbocycles. The monoisotopic (exact) mass is 293 g/mol. The Bertz CT molecular complexity index is 468. The second-order valence-corrected chi connectivity index (χ2v) is 6.42. The first-order chi connectivity index (χ1) is 8.46. The van der Waals surface area contributed by atoms with E-state index in [1.807, 2.05) is 0 Å². The zero-order chi connectivity index (χ0) is 13.6. The minimum absolute atomic E-state index is 0.157. The highest BCUT2D eigenvalue weighted by molar-refractivity contribution is 7.89. The van der Waals surface area contributed by atoms with Gasteiger partial charge >= 0.3 is 5.97 Å². The molecule has 1 rings (SSSR count). The Hall–Kier alpha value is -0.960. The van der Waals surface area contributed by atoms with Crippen LogP contribution in [0, 0.1) is 0 Å². The maximum Gasteiger partial charge on any atom is 0.327 e. The van der Waals surface area contributed by atoms with Crippen molar-refractivity contribution < 1.29 is 23.1 Å². The van der Waals surface area contributed by atoms with Crippen LogP contribution in [0.15, 0.2) is 17.5 Å². The summed E-state index contributed by atoms with van der Waals surface area (Å²) in [5, 5.41) is 10.7. The summed E-state index contributed by atoms with van der Waals surface area (Å²) < 4.78 is 30.3. The second kappa shape index (κ2) is 6.83. The molecule has 0 bridgehead atoms. The lowest BCUT2D eigenvalue weighted by atomic mass is 10.3. The predicted molar refractivity (Wildman–Crippen MR) is 68.1 cm³/mol. The quantitative estimate of drug-likeness (QED) is 0.693. The Balaban J connectivity index is 2.70. The molecule has 0 spiro atoms. The molecule has 1 aromatic rings. The number of methoxy groups -OCH3 is 1. The number of ether oxygens (including phenoxy) is 1. The number of nitrogens with one attached hydrogen (secondary N) is 1. The van der Waals surface area contributed by atoms with E-state index in [9.17, 15) is 13.2 Å². The molecule has 0 saturated carbocycles. The van der Waals surface area contributed by atoms with Crippen molar-refractivity contribution in [1.29, 1.82) is 0 Å². The summed E-state index contributed by atoms with van der Waals surface area (Å²) in [6, 6.07) is 2.04. The Morgan fingerprint density at radius 1 is 1.61 bits per heavy atom. The lowest BCUT2D eigenvalue weighted by Gasteiger charge is -2.13. The summed E-state index contributed by atoms with van der Waals surface area (Å²) in [6.45, 7) is 0.317. The Morgan fingerprint density at radius 3 is 2.83 bits per heavy atom. The maximum absolute atomic E-state index is 11.7. The van der Waals surface area contributed by atoms with E-state index in [4.69, 9.17) is 9.84 Å². The van der Waals surface area contributed by atoms with Crippen LogP contribution in [-0.2, 0) is 19.6 Å². The fraction of sp³-hybridized carbons (Fsp3) is 0.500. The molecule has 8 heteroatoms. The number of carboxylic acids is 1. The molecule has 1 aromatic heterocycles. The van der Waals surface area contributed by atoms with E-state index < -0.39 is 22.0 Å². The van der Waals surface area contributed by atoms with E-state index in [-0.39, 0.29) is 5.75 Å². The summed E-state index contributed by atoms with van der Waals surface area (Å²) in [6.07, 6.45) is 0.322. The smallest absolute Gasteiger partial charge is 0.327 e. The number of carboxylic acid groups (broad SMARTS) is 1. The van der Waals surface area contributed by atoms with Crippen LogP contribution in [0.2, 0.25) is 0 Å². The lowest BCUT2D eigenvalue weighted by Crippen LogP contribution is -2.35. The standard InChI is InChI=1S/C10H15NO5S2/c1-16-5-3-7-18(14,15)11-9(10(12)13)8-4-2-6-17-8/h2,4,6,9,11H,3,5,7H2,1H3,(H,12,13). The van der Waals surface area contributed by atoms with Crippen molar-refractivity contribution >= 4 is 27.3 Å². The van der Waals surface area contributed by atoms with E-state index in [1.54, 1.807) is 17.5 Å². The highest BCUT2D eigenvalue weighted by Crippen LogP contribution is 2.20. The molecular formula is C10H15NO5S2. The number of rotatable bonds is 8. The molecule has 0 radical (unpaired) electrons. The van der Waals surface area contributed by atoms with Gasteiger partial charge in [-0.2, -0.15) is 4.72 Å². The molecule has 1 heterocycles. The molecule has 6 nitrogen and oxygen atoms in total. The van der Waals surface area contributed by atoms with Crippen LogP contribution in [0.5, 0.6) is 0 Å². The third-order valence-electron chi connectivity index (χ3n) is 2.13. The van der Waals surface area contributed by atoms with Crippen LogP contribution < -0.4 is 4.72 Å². The van der Waals surface area contributed by atoms with Crippen molar-refractivity contribution in [2.45, 2.75) is 12.5 Å². The lowest BCUT2D eigenvalue weighted by molar-refractivity contribution is -0.139.